The van der Waals surface area contributed by atoms with Crippen LogP contribution in [0.1, 0.15) is 39.1 Å². The van der Waals surface area contributed by atoms with Crippen molar-refractivity contribution < 1.29 is 19.1 Å². The fourth-order valence-electron chi connectivity index (χ4n) is 3.49. The third-order valence-electron chi connectivity index (χ3n) is 5.41. The Labute approximate surface area is 189 Å². The Kier molecular flexibility index (Phi) is 5.92. The Morgan fingerprint density at radius 3 is 2.28 bits per heavy atom. The maximum absolute atomic E-state index is 12.8. The highest BCUT2D eigenvalue weighted by Crippen LogP contribution is 2.49. The smallest absolute Gasteiger partial charge is 0.316 e. The minimum Gasteiger partial charge on any atom is -0.468 e. The van der Waals surface area contributed by atoms with Gasteiger partial charge in [0.25, 0.3) is 11.8 Å². The van der Waals surface area contributed by atoms with Crippen molar-refractivity contribution in [3.05, 3.63) is 88.6 Å². The van der Waals surface area contributed by atoms with Crippen molar-refractivity contribution in [2.45, 2.75) is 18.3 Å². The number of carbonyl (C=O) groups is 3. The van der Waals surface area contributed by atoms with E-state index in [-0.39, 0.29) is 17.4 Å². The molecule has 1 fully saturated rings. The lowest BCUT2D eigenvalue weighted by atomic mass is 9.95. The largest absolute Gasteiger partial charge is 0.468 e. The molecule has 0 atom stereocenters. The first-order valence-corrected chi connectivity index (χ1v) is 10.3. The third kappa shape index (κ3) is 4.33. The standard InChI is InChI=1S/C24H20ClN3O4/c1-32-23(31)24(12-13-24)16-8-6-15(7-9-16)21(29)27-19-5-3-2-4-18(19)22(30)28-20-11-10-17(25)14-26-20/h2-11,14H,12-13H2,1H3,(H,27,29)(H,26,28,30). The molecule has 32 heavy (non-hydrogen) atoms. The van der Waals surface area contributed by atoms with Gasteiger partial charge in [-0.2, -0.15) is 0 Å². The maximum atomic E-state index is 12.8. The number of halogens is 1. The van der Waals surface area contributed by atoms with Crippen molar-refractivity contribution >= 4 is 40.9 Å². The van der Waals surface area contributed by atoms with Gasteiger partial charge in [-0.25, -0.2) is 4.98 Å². The molecule has 4 rings (SSSR count). The molecule has 1 saturated carbocycles. The number of hydrogen-bond donors (Lipinski definition) is 2. The number of aromatic nitrogens is 1. The lowest BCUT2D eigenvalue weighted by molar-refractivity contribution is -0.143. The first kappa shape index (κ1) is 21.5. The number of amides is 2. The zero-order valence-corrected chi connectivity index (χ0v) is 18.0. The normalized spacial score (nSPS) is 13.7. The van der Waals surface area contributed by atoms with Crippen molar-refractivity contribution in [2.75, 3.05) is 17.7 Å². The van der Waals surface area contributed by atoms with E-state index in [1.807, 2.05) is 0 Å². The third-order valence-corrected chi connectivity index (χ3v) is 5.64. The van der Waals surface area contributed by atoms with Crippen LogP contribution in [0.2, 0.25) is 5.02 Å². The highest BCUT2D eigenvalue weighted by Gasteiger charge is 2.52. The molecule has 2 N–H and O–H groups in total. The quantitative estimate of drug-likeness (QED) is 0.542. The molecule has 7 nitrogen and oxygen atoms in total. The maximum Gasteiger partial charge on any atom is 0.316 e. The van der Waals surface area contributed by atoms with Crippen LogP contribution in [0.5, 0.6) is 0 Å². The van der Waals surface area contributed by atoms with Crippen LogP contribution < -0.4 is 10.6 Å². The molecule has 162 valence electrons. The lowest BCUT2D eigenvalue weighted by Crippen LogP contribution is -2.22. The number of rotatable bonds is 6. The molecule has 0 unspecified atom stereocenters. The van der Waals surface area contributed by atoms with Gasteiger partial charge in [0.1, 0.15) is 5.82 Å². The average Bonchev–Trinajstić information content (AvgIpc) is 3.62. The van der Waals surface area contributed by atoms with E-state index in [0.29, 0.717) is 22.1 Å². The molecule has 0 radical (unpaired) electrons. The monoisotopic (exact) mass is 449 g/mol. The van der Waals surface area contributed by atoms with E-state index in [1.54, 1.807) is 60.7 Å². The van der Waals surface area contributed by atoms with Crippen LogP contribution in [0.4, 0.5) is 11.5 Å². The molecule has 1 aliphatic rings. The van der Waals surface area contributed by atoms with Crippen LogP contribution in [0.25, 0.3) is 0 Å². The van der Waals surface area contributed by atoms with Crippen LogP contribution in [0.15, 0.2) is 66.9 Å². The van der Waals surface area contributed by atoms with E-state index < -0.39 is 11.3 Å². The lowest BCUT2D eigenvalue weighted by Gasteiger charge is -2.14. The second kappa shape index (κ2) is 8.80. The van der Waals surface area contributed by atoms with Gasteiger partial charge < -0.3 is 15.4 Å². The van der Waals surface area contributed by atoms with Crippen LogP contribution in [0, 0.1) is 0 Å². The SMILES string of the molecule is COC(=O)C1(c2ccc(C(=O)Nc3ccccc3C(=O)Nc3ccc(Cl)cn3)cc2)CC1. The molecule has 0 bridgehead atoms. The Bertz CT molecular complexity index is 1170. The zero-order valence-electron chi connectivity index (χ0n) is 17.2. The summed E-state index contributed by atoms with van der Waals surface area (Å²) >= 11 is 5.82. The number of esters is 1. The Morgan fingerprint density at radius 2 is 1.66 bits per heavy atom. The number of benzene rings is 2. The van der Waals surface area contributed by atoms with Gasteiger partial charge in [-0.15, -0.1) is 0 Å². The molecule has 1 aromatic heterocycles. The van der Waals surface area contributed by atoms with Gasteiger partial charge in [0.05, 0.1) is 28.8 Å². The summed E-state index contributed by atoms with van der Waals surface area (Å²) in [6.07, 6.45) is 2.90. The number of para-hydroxylation sites is 1. The zero-order chi connectivity index (χ0) is 22.7. The Balaban J connectivity index is 1.49. The summed E-state index contributed by atoms with van der Waals surface area (Å²) in [7, 11) is 1.38. The fraction of sp³-hybridized carbons (Fsp3) is 0.167. The Hall–Kier alpha value is -3.71. The summed E-state index contributed by atoms with van der Waals surface area (Å²) in [6, 6.07) is 16.7. The number of nitrogens with one attached hydrogen (secondary N) is 2. The topological polar surface area (TPSA) is 97.4 Å². The minimum absolute atomic E-state index is 0.259. The molecule has 2 amide bonds. The van der Waals surface area contributed by atoms with E-state index in [1.165, 1.54) is 13.3 Å². The van der Waals surface area contributed by atoms with Gasteiger partial charge in [0, 0.05) is 11.8 Å². The molecule has 8 heteroatoms. The van der Waals surface area contributed by atoms with Crippen molar-refractivity contribution in [3.63, 3.8) is 0 Å². The summed E-state index contributed by atoms with van der Waals surface area (Å²) in [5, 5.41) is 5.92. The van der Waals surface area contributed by atoms with Gasteiger partial charge in [-0.3, -0.25) is 14.4 Å². The summed E-state index contributed by atoms with van der Waals surface area (Å²) in [4.78, 5) is 41.6. The fourth-order valence-corrected chi connectivity index (χ4v) is 3.60. The number of anilines is 2. The highest BCUT2D eigenvalue weighted by atomic mass is 35.5. The summed E-state index contributed by atoms with van der Waals surface area (Å²) in [5.74, 6) is -0.704. The molecule has 3 aromatic rings. The van der Waals surface area contributed by atoms with E-state index in [0.717, 1.165) is 18.4 Å². The van der Waals surface area contributed by atoms with E-state index in [2.05, 4.69) is 15.6 Å². The predicted molar refractivity (Wildman–Crippen MR) is 121 cm³/mol. The van der Waals surface area contributed by atoms with Crippen molar-refractivity contribution in [3.8, 4) is 0 Å². The number of methoxy groups -OCH3 is 1. The van der Waals surface area contributed by atoms with Crippen LogP contribution in [-0.4, -0.2) is 29.9 Å². The van der Waals surface area contributed by atoms with Gasteiger partial charge in [-0.1, -0.05) is 35.9 Å². The van der Waals surface area contributed by atoms with Crippen LogP contribution in [0.3, 0.4) is 0 Å². The molecular weight excluding hydrogens is 430 g/mol. The minimum atomic E-state index is -0.593. The second-order valence-electron chi connectivity index (χ2n) is 7.47. The first-order valence-electron chi connectivity index (χ1n) is 9.95. The molecule has 0 spiro atoms. The number of carbonyl (C=O) groups excluding carboxylic acids is 3. The van der Waals surface area contributed by atoms with Gasteiger partial charge in [0.15, 0.2) is 0 Å². The second-order valence-corrected chi connectivity index (χ2v) is 7.90. The first-order chi connectivity index (χ1) is 15.4. The van der Waals surface area contributed by atoms with Gasteiger partial charge in [0.2, 0.25) is 0 Å². The van der Waals surface area contributed by atoms with Crippen LogP contribution >= 0.6 is 11.6 Å². The molecule has 0 aliphatic heterocycles. The molecular formula is C24H20ClN3O4. The number of pyridine rings is 1. The van der Waals surface area contributed by atoms with Crippen molar-refractivity contribution in [1.82, 2.24) is 4.98 Å². The molecule has 0 saturated heterocycles. The van der Waals surface area contributed by atoms with E-state index in [9.17, 15) is 14.4 Å². The number of nitrogens with zero attached hydrogens (tertiary/aromatic N) is 1. The number of ether oxygens (including phenoxy) is 1. The average molecular weight is 450 g/mol. The predicted octanol–water partition coefficient (Wildman–Crippen LogP) is 4.44. The van der Waals surface area contributed by atoms with E-state index >= 15 is 0 Å². The van der Waals surface area contributed by atoms with Gasteiger partial charge in [-0.05, 0) is 54.8 Å². The van der Waals surface area contributed by atoms with Crippen LogP contribution in [-0.2, 0) is 14.9 Å². The Morgan fingerprint density at radius 1 is 0.938 bits per heavy atom. The molecule has 1 heterocycles. The highest BCUT2D eigenvalue weighted by molar-refractivity contribution is 6.30. The summed E-state index contributed by atoms with van der Waals surface area (Å²) in [5.41, 5.74) is 1.29. The van der Waals surface area contributed by atoms with Crippen molar-refractivity contribution in [2.24, 2.45) is 0 Å². The van der Waals surface area contributed by atoms with E-state index in [4.69, 9.17) is 16.3 Å². The summed E-state index contributed by atoms with van der Waals surface area (Å²) < 4.78 is 4.91. The number of hydrogen-bond acceptors (Lipinski definition) is 5. The summed E-state index contributed by atoms with van der Waals surface area (Å²) in [6.45, 7) is 0. The molecule has 2 aromatic carbocycles. The molecule has 1 aliphatic carbocycles. The van der Waals surface area contributed by atoms with Gasteiger partial charge >= 0.3 is 5.97 Å². The van der Waals surface area contributed by atoms with Crippen molar-refractivity contribution in [1.29, 1.82) is 0 Å².